The molecule has 1 saturated carbocycles. The van der Waals surface area contributed by atoms with Crippen LogP contribution in [0.5, 0.6) is 11.5 Å². The van der Waals surface area contributed by atoms with Gasteiger partial charge in [-0.3, -0.25) is 0 Å². The van der Waals surface area contributed by atoms with Crippen LogP contribution >= 0.6 is 12.2 Å². The molecule has 2 aromatic carbocycles. The van der Waals surface area contributed by atoms with Crippen LogP contribution in [0.1, 0.15) is 55.7 Å². The van der Waals surface area contributed by atoms with Gasteiger partial charge in [-0.2, -0.15) is 0 Å². The molecular weight excluding hydrogens is 368 g/mol. The molecule has 2 aliphatic carbocycles. The normalized spacial score (nSPS) is 19.0. The Hall–Kier alpha value is -2.27. The highest BCUT2D eigenvalue weighted by molar-refractivity contribution is 7.80. The van der Waals surface area contributed by atoms with Gasteiger partial charge in [-0.25, -0.2) is 0 Å². The third-order valence-electron chi connectivity index (χ3n) is 5.69. The molecule has 0 saturated heterocycles. The van der Waals surface area contributed by atoms with Crippen molar-refractivity contribution < 1.29 is 9.47 Å². The van der Waals surface area contributed by atoms with Crippen molar-refractivity contribution in [1.82, 2.24) is 5.32 Å². The van der Waals surface area contributed by atoms with E-state index in [0.717, 1.165) is 36.4 Å². The van der Waals surface area contributed by atoms with Crippen molar-refractivity contribution in [3.63, 3.8) is 0 Å². The standard InChI is InChI=1S/C23H28N2O2S/c1-26-20-13-14-21-16(15-20)5-4-8-22(21)25-23(28)24-17-9-11-19(12-10-17)27-18-6-2-3-7-18/h9-15,18,22H,2-8H2,1H3,(H2,24,25,28). The Morgan fingerprint density at radius 1 is 0.964 bits per heavy atom. The van der Waals surface area contributed by atoms with E-state index in [1.807, 2.05) is 30.3 Å². The van der Waals surface area contributed by atoms with E-state index >= 15 is 0 Å². The minimum atomic E-state index is 0.236. The van der Waals surface area contributed by atoms with Crippen molar-refractivity contribution >= 4 is 23.0 Å². The smallest absolute Gasteiger partial charge is 0.171 e. The minimum absolute atomic E-state index is 0.236. The number of hydrogen-bond acceptors (Lipinski definition) is 3. The molecule has 1 fully saturated rings. The van der Waals surface area contributed by atoms with Crippen molar-refractivity contribution in [3.8, 4) is 11.5 Å². The molecule has 0 bridgehead atoms. The van der Waals surface area contributed by atoms with Crippen LogP contribution < -0.4 is 20.1 Å². The maximum Gasteiger partial charge on any atom is 0.171 e. The molecule has 2 aliphatic rings. The lowest BCUT2D eigenvalue weighted by atomic mass is 9.87. The first-order valence-corrected chi connectivity index (χ1v) is 10.6. The second-order valence-corrected chi connectivity index (χ2v) is 8.06. The van der Waals surface area contributed by atoms with E-state index in [2.05, 4.69) is 22.8 Å². The highest BCUT2D eigenvalue weighted by Gasteiger charge is 2.21. The van der Waals surface area contributed by atoms with Crippen LogP contribution in [0.15, 0.2) is 42.5 Å². The molecule has 2 aromatic rings. The van der Waals surface area contributed by atoms with Gasteiger partial charge >= 0.3 is 0 Å². The largest absolute Gasteiger partial charge is 0.497 e. The van der Waals surface area contributed by atoms with Crippen LogP contribution in [0.3, 0.4) is 0 Å². The summed E-state index contributed by atoms with van der Waals surface area (Å²) in [5.41, 5.74) is 3.64. The fraction of sp³-hybridized carbons (Fsp3) is 0.435. The van der Waals surface area contributed by atoms with Crippen molar-refractivity contribution in [2.45, 2.75) is 57.1 Å². The summed E-state index contributed by atoms with van der Waals surface area (Å²) in [6, 6.07) is 14.6. The second kappa shape index (κ2) is 8.82. The number of methoxy groups -OCH3 is 1. The Morgan fingerprint density at radius 2 is 1.71 bits per heavy atom. The summed E-state index contributed by atoms with van der Waals surface area (Å²) >= 11 is 5.56. The van der Waals surface area contributed by atoms with Crippen LogP contribution in [-0.2, 0) is 6.42 Å². The summed E-state index contributed by atoms with van der Waals surface area (Å²) < 4.78 is 11.4. The molecule has 4 rings (SSSR count). The molecule has 1 unspecified atom stereocenters. The van der Waals surface area contributed by atoms with Crippen molar-refractivity contribution in [2.24, 2.45) is 0 Å². The number of fused-ring (bicyclic) bond motifs is 1. The Kier molecular flexibility index (Phi) is 6.01. The summed E-state index contributed by atoms with van der Waals surface area (Å²) in [5, 5.41) is 7.44. The zero-order valence-corrected chi connectivity index (χ0v) is 17.2. The van der Waals surface area contributed by atoms with E-state index in [1.54, 1.807) is 7.11 Å². The molecule has 4 nitrogen and oxygen atoms in total. The average molecular weight is 397 g/mol. The lowest BCUT2D eigenvalue weighted by Gasteiger charge is -2.28. The van der Waals surface area contributed by atoms with Gasteiger partial charge in [0.15, 0.2) is 5.11 Å². The third-order valence-corrected chi connectivity index (χ3v) is 5.91. The van der Waals surface area contributed by atoms with Gasteiger partial charge in [0.2, 0.25) is 0 Å². The number of anilines is 1. The molecule has 0 heterocycles. The van der Waals surface area contributed by atoms with Gasteiger partial charge in [0, 0.05) is 5.69 Å². The highest BCUT2D eigenvalue weighted by atomic mass is 32.1. The summed E-state index contributed by atoms with van der Waals surface area (Å²) in [5.74, 6) is 1.85. The lowest BCUT2D eigenvalue weighted by Crippen LogP contribution is -2.34. The monoisotopic (exact) mass is 396 g/mol. The van der Waals surface area contributed by atoms with E-state index in [1.165, 1.54) is 36.8 Å². The van der Waals surface area contributed by atoms with E-state index in [0.29, 0.717) is 11.2 Å². The lowest BCUT2D eigenvalue weighted by molar-refractivity contribution is 0.210. The van der Waals surface area contributed by atoms with Gasteiger partial charge in [-0.1, -0.05) is 6.07 Å². The van der Waals surface area contributed by atoms with Crippen molar-refractivity contribution in [2.75, 3.05) is 12.4 Å². The number of benzene rings is 2. The first-order chi connectivity index (χ1) is 13.7. The Bertz CT molecular complexity index is 816. The molecule has 0 aliphatic heterocycles. The number of ether oxygens (including phenoxy) is 2. The molecule has 0 radical (unpaired) electrons. The number of hydrogen-bond donors (Lipinski definition) is 2. The molecule has 2 N–H and O–H groups in total. The minimum Gasteiger partial charge on any atom is -0.497 e. The fourth-order valence-electron chi connectivity index (χ4n) is 4.21. The number of aryl methyl sites for hydroxylation is 1. The molecule has 0 spiro atoms. The Balaban J connectivity index is 1.34. The predicted molar refractivity (Wildman–Crippen MR) is 117 cm³/mol. The topological polar surface area (TPSA) is 42.5 Å². The van der Waals surface area contributed by atoms with E-state index in [4.69, 9.17) is 21.7 Å². The maximum absolute atomic E-state index is 6.03. The van der Waals surface area contributed by atoms with Crippen LogP contribution in [0.25, 0.3) is 0 Å². The van der Waals surface area contributed by atoms with Crippen LogP contribution in [0.4, 0.5) is 5.69 Å². The van der Waals surface area contributed by atoms with Gasteiger partial charge in [0.05, 0.1) is 19.3 Å². The van der Waals surface area contributed by atoms with Gasteiger partial charge in [-0.15, -0.1) is 0 Å². The quantitative estimate of drug-likeness (QED) is 0.664. The van der Waals surface area contributed by atoms with Crippen molar-refractivity contribution in [1.29, 1.82) is 0 Å². The second-order valence-electron chi connectivity index (χ2n) is 7.66. The molecular formula is C23H28N2O2S. The highest BCUT2D eigenvalue weighted by Crippen LogP contribution is 2.32. The molecule has 148 valence electrons. The number of rotatable bonds is 5. The van der Waals surface area contributed by atoms with Gasteiger partial charge in [-0.05, 0) is 105 Å². The summed E-state index contributed by atoms with van der Waals surface area (Å²) in [6.45, 7) is 0. The van der Waals surface area contributed by atoms with E-state index < -0.39 is 0 Å². The third kappa shape index (κ3) is 4.58. The molecule has 28 heavy (non-hydrogen) atoms. The zero-order chi connectivity index (χ0) is 19.3. The maximum atomic E-state index is 6.03. The predicted octanol–water partition coefficient (Wildman–Crippen LogP) is 5.38. The summed E-state index contributed by atoms with van der Waals surface area (Å²) in [7, 11) is 1.71. The Labute approximate surface area is 172 Å². The summed E-state index contributed by atoms with van der Waals surface area (Å²) in [4.78, 5) is 0. The molecule has 5 heteroatoms. The molecule has 0 aromatic heterocycles. The van der Waals surface area contributed by atoms with E-state index in [9.17, 15) is 0 Å². The van der Waals surface area contributed by atoms with Crippen LogP contribution in [-0.4, -0.2) is 18.3 Å². The Morgan fingerprint density at radius 3 is 2.46 bits per heavy atom. The first kappa shape index (κ1) is 19.1. The summed E-state index contributed by atoms with van der Waals surface area (Å²) in [6.07, 6.45) is 8.59. The average Bonchev–Trinajstić information content (AvgIpc) is 3.22. The molecule has 1 atom stereocenters. The van der Waals surface area contributed by atoms with Crippen molar-refractivity contribution in [3.05, 3.63) is 53.6 Å². The SMILES string of the molecule is COc1ccc2c(c1)CCCC2NC(=S)Nc1ccc(OC2CCCC2)cc1. The number of thiocarbonyl (C=S) groups is 1. The fourth-order valence-corrected chi connectivity index (χ4v) is 4.47. The first-order valence-electron chi connectivity index (χ1n) is 10.2. The molecule has 0 amide bonds. The van der Waals surface area contributed by atoms with Gasteiger partial charge < -0.3 is 20.1 Å². The number of nitrogens with one attached hydrogen (secondary N) is 2. The van der Waals surface area contributed by atoms with Crippen LogP contribution in [0.2, 0.25) is 0 Å². The zero-order valence-electron chi connectivity index (χ0n) is 16.4. The van der Waals surface area contributed by atoms with Gasteiger partial charge in [0.25, 0.3) is 0 Å². The van der Waals surface area contributed by atoms with Crippen LogP contribution in [0, 0.1) is 0 Å². The van der Waals surface area contributed by atoms with Gasteiger partial charge in [0.1, 0.15) is 11.5 Å². The van der Waals surface area contributed by atoms with E-state index in [-0.39, 0.29) is 6.04 Å².